The number of nitrogens with one attached hydrogen (secondary N) is 1. The van der Waals surface area contributed by atoms with Crippen molar-refractivity contribution in [3.05, 3.63) is 82.9 Å². The number of rotatable bonds is 8. The van der Waals surface area contributed by atoms with Crippen molar-refractivity contribution in [1.82, 2.24) is 5.32 Å². The second kappa shape index (κ2) is 11.1. The molecule has 7 heteroatoms. The van der Waals surface area contributed by atoms with E-state index in [1.165, 1.54) is 14.2 Å². The first kappa shape index (κ1) is 23.0. The fraction of sp³-hybridized carbons (Fsp3) is 0.222. The van der Waals surface area contributed by atoms with Gasteiger partial charge in [-0.2, -0.15) is 0 Å². The molecule has 174 valence electrons. The van der Waals surface area contributed by atoms with Crippen molar-refractivity contribution in [3.63, 3.8) is 0 Å². The summed E-state index contributed by atoms with van der Waals surface area (Å²) in [7, 11) is 3.02. The fourth-order valence-electron chi connectivity index (χ4n) is 3.46. The van der Waals surface area contributed by atoms with Crippen LogP contribution >= 0.6 is 0 Å². The van der Waals surface area contributed by atoms with E-state index < -0.39 is 0 Å². The molecule has 1 amide bonds. The number of amides is 1. The Labute approximate surface area is 198 Å². The maximum Gasteiger partial charge on any atom is 0.256 e. The van der Waals surface area contributed by atoms with Crippen molar-refractivity contribution in [2.45, 2.75) is 6.61 Å². The molecule has 3 aromatic carbocycles. The van der Waals surface area contributed by atoms with Crippen molar-refractivity contribution in [2.24, 2.45) is 0 Å². The smallest absolute Gasteiger partial charge is 0.256 e. The molecule has 0 radical (unpaired) electrons. The van der Waals surface area contributed by atoms with Crippen molar-refractivity contribution in [1.29, 1.82) is 0 Å². The normalized spacial score (nSPS) is 11.4. The van der Waals surface area contributed by atoms with Gasteiger partial charge in [0.25, 0.3) is 5.91 Å². The molecule has 0 bridgehead atoms. The first-order valence-corrected chi connectivity index (χ1v) is 10.8. The van der Waals surface area contributed by atoms with Gasteiger partial charge in [0.2, 0.25) is 6.79 Å². The van der Waals surface area contributed by atoms with Crippen molar-refractivity contribution in [2.75, 3.05) is 34.2 Å². The first-order valence-electron chi connectivity index (χ1n) is 10.8. The zero-order valence-electron chi connectivity index (χ0n) is 19.1. The lowest BCUT2D eigenvalue weighted by atomic mass is 10.0. The molecule has 0 fully saturated rings. The van der Waals surface area contributed by atoms with Crippen molar-refractivity contribution >= 4 is 5.91 Å². The molecule has 7 nitrogen and oxygen atoms in total. The van der Waals surface area contributed by atoms with Crippen molar-refractivity contribution in [3.8, 4) is 34.8 Å². The SMILES string of the molecule is COc1ccc(C#Cc2ccc3c(c2)OCO3)c(C(=O)NCCOCc2ccccc2)c1OC. The Hall–Kier alpha value is -4.15. The van der Waals surface area contributed by atoms with E-state index in [9.17, 15) is 4.79 Å². The molecule has 0 spiro atoms. The van der Waals surface area contributed by atoms with Gasteiger partial charge in [-0.1, -0.05) is 42.2 Å². The average Bonchev–Trinajstić information content (AvgIpc) is 3.35. The molecular formula is C27H25NO6. The van der Waals surface area contributed by atoms with Gasteiger partial charge < -0.3 is 29.0 Å². The molecule has 0 aromatic heterocycles. The Morgan fingerprint density at radius 2 is 1.79 bits per heavy atom. The van der Waals surface area contributed by atoms with Crippen LogP contribution in [0.3, 0.4) is 0 Å². The fourth-order valence-corrected chi connectivity index (χ4v) is 3.46. The molecule has 0 atom stereocenters. The van der Waals surface area contributed by atoms with Crippen LogP contribution in [-0.4, -0.2) is 40.1 Å². The van der Waals surface area contributed by atoms with E-state index in [-0.39, 0.29) is 12.7 Å². The monoisotopic (exact) mass is 459 g/mol. The lowest BCUT2D eigenvalue weighted by Crippen LogP contribution is -2.28. The van der Waals surface area contributed by atoms with E-state index >= 15 is 0 Å². The minimum absolute atomic E-state index is 0.196. The Kier molecular flexibility index (Phi) is 7.53. The summed E-state index contributed by atoms with van der Waals surface area (Å²) in [6.45, 7) is 1.37. The summed E-state index contributed by atoms with van der Waals surface area (Å²) in [6.07, 6.45) is 0. The van der Waals surface area contributed by atoms with E-state index in [0.29, 0.717) is 53.9 Å². The lowest BCUT2D eigenvalue weighted by Gasteiger charge is -2.14. The highest BCUT2D eigenvalue weighted by molar-refractivity contribution is 6.00. The molecule has 34 heavy (non-hydrogen) atoms. The summed E-state index contributed by atoms with van der Waals surface area (Å²) in [5.41, 5.74) is 2.63. The van der Waals surface area contributed by atoms with Gasteiger partial charge in [0.05, 0.1) is 27.4 Å². The summed E-state index contributed by atoms with van der Waals surface area (Å²) in [4.78, 5) is 13.1. The Bertz CT molecular complexity index is 1210. The van der Waals surface area contributed by atoms with Crippen LogP contribution in [0.4, 0.5) is 0 Å². The molecule has 1 aliphatic heterocycles. The summed E-state index contributed by atoms with van der Waals surface area (Å²) in [6, 6.07) is 18.8. The summed E-state index contributed by atoms with van der Waals surface area (Å²) >= 11 is 0. The van der Waals surface area contributed by atoms with E-state index in [2.05, 4.69) is 17.2 Å². The minimum Gasteiger partial charge on any atom is -0.493 e. The Balaban J connectivity index is 1.49. The third-order valence-electron chi connectivity index (χ3n) is 5.13. The number of methoxy groups -OCH3 is 2. The molecule has 0 unspecified atom stereocenters. The van der Waals surface area contributed by atoms with Gasteiger partial charge in [-0.15, -0.1) is 0 Å². The molecule has 0 saturated heterocycles. The minimum atomic E-state index is -0.325. The quantitative estimate of drug-likeness (QED) is 0.408. The van der Waals surface area contributed by atoms with Gasteiger partial charge in [-0.25, -0.2) is 0 Å². The standard InChI is InChI=1S/C27H25NO6/c1-30-23-13-11-21(10-8-19-9-12-22-24(16-19)34-18-33-22)25(26(23)31-2)27(29)28-14-15-32-17-20-6-4-3-5-7-20/h3-7,9,11-13,16H,14-15,17-18H2,1-2H3,(H,28,29). The predicted molar refractivity (Wildman–Crippen MR) is 127 cm³/mol. The second-order valence-electron chi connectivity index (χ2n) is 7.34. The Morgan fingerprint density at radius 1 is 0.971 bits per heavy atom. The zero-order valence-corrected chi connectivity index (χ0v) is 19.1. The van der Waals surface area contributed by atoms with Gasteiger partial charge in [-0.3, -0.25) is 4.79 Å². The van der Waals surface area contributed by atoms with Crippen LogP contribution in [0.25, 0.3) is 0 Å². The number of hydrogen-bond donors (Lipinski definition) is 1. The lowest BCUT2D eigenvalue weighted by molar-refractivity contribution is 0.0897. The van der Waals surface area contributed by atoms with Gasteiger partial charge in [0.1, 0.15) is 5.56 Å². The van der Waals surface area contributed by atoms with E-state index in [0.717, 1.165) is 11.1 Å². The average molecular weight is 459 g/mol. The molecule has 1 N–H and O–H groups in total. The number of ether oxygens (including phenoxy) is 5. The highest BCUT2D eigenvalue weighted by atomic mass is 16.7. The molecule has 3 aromatic rings. The number of benzene rings is 3. The van der Waals surface area contributed by atoms with Crippen LogP contribution in [0, 0.1) is 11.8 Å². The maximum absolute atomic E-state index is 13.1. The van der Waals surface area contributed by atoms with Gasteiger partial charge in [-0.05, 0) is 35.9 Å². The highest BCUT2D eigenvalue weighted by Gasteiger charge is 2.21. The van der Waals surface area contributed by atoms with Crippen molar-refractivity contribution < 1.29 is 28.5 Å². The van der Waals surface area contributed by atoms with E-state index in [1.807, 2.05) is 42.5 Å². The number of carbonyl (C=O) groups is 1. The molecule has 1 aliphatic rings. The summed E-state index contributed by atoms with van der Waals surface area (Å²) in [5, 5.41) is 2.88. The maximum atomic E-state index is 13.1. The summed E-state index contributed by atoms with van der Waals surface area (Å²) in [5.74, 6) is 7.93. The first-order chi connectivity index (χ1) is 16.7. The second-order valence-corrected chi connectivity index (χ2v) is 7.34. The largest absolute Gasteiger partial charge is 0.493 e. The van der Waals surface area contributed by atoms with E-state index in [4.69, 9.17) is 23.7 Å². The highest BCUT2D eigenvalue weighted by Crippen LogP contribution is 2.34. The molecular weight excluding hydrogens is 434 g/mol. The van der Waals surface area contributed by atoms with Crippen LogP contribution in [0.5, 0.6) is 23.0 Å². The van der Waals surface area contributed by atoms with Gasteiger partial charge in [0, 0.05) is 17.7 Å². The zero-order chi connectivity index (χ0) is 23.8. The van der Waals surface area contributed by atoms with Crippen LogP contribution < -0.4 is 24.3 Å². The predicted octanol–water partition coefficient (Wildman–Crippen LogP) is 3.78. The molecule has 0 saturated carbocycles. The third kappa shape index (κ3) is 5.42. The molecule has 1 heterocycles. The molecule has 0 aliphatic carbocycles. The number of hydrogen-bond acceptors (Lipinski definition) is 6. The van der Waals surface area contributed by atoms with Gasteiger partial charge >= 0.3 is 0 Å². The van der Waals surface area contributed by atoms with Gasteiger partial charge in [0.15, 0.2) is 23.0 Å². The van der Waals surface area contributed by atoms with Crippen LogP contribution in [-0.2, 0) is 11.3 Å². The molecule has 4 rings (SSSR count). The van der Waals surface area contributed by atoms with Crippen LogP contribution in [0.1, 0.15) is 27.0 Å². The topological polar surface area (TPSA) is 75.3 Å². The van der Waals surface area contributed by atoms with Crippen LogP contribution in [0.15, 0.2) is 60.7 Å². The van der Waals surface area contributed by atoms with E-state index in [1.54, 1.807) is 18.2 Å². The number of fused-ring (bicyclic) bond motifs is 1. The van der Waals surface area contributed by atoms with Crippen LogP contribution in [0.2, 0.25) is 0 Å². The summed E-state index contributed by atoms with van der Waals surface area (Å²) < 4.78 is 27.3. The Morgan fingerprint density at radius 3 is 2.59 bits per heavy atom. The third-order valence-corrected chi connectivity index (χ3v) is 5.13. The number of carbonyl (C=O) groups excluding carboxylic acids is 1.